The molecule has 3 aromatic rings. The Morgan fingerprint density at radius 1 is 0.741 bits per heavy atom. The third-order valence-electron chi connectivity index (χ3n) is 3.69. The first kappa shape index (κ1) is 18.9. The van der Waals surface area contributed by atoms with Gasteiger partial charge in [0.05, 0.1) is 21.2 Å². The van der Waals surface area contributed by atoms with Crippen LogP contribution in [-0.2, 0) is 20.2 Å². The first-order chi connectivity index (χ1) is 12.6. The maximum absolute atomic E-state index is 11.4. The van der Waals surface area contributed by atoms with Gasteiger partial charge >= 0.3 is 0 Å². The van der Waals surface area contributed by atoms with Gasteiger partial charge in [-0.25, -0.2) is 0 Å². The van der Waals surface area contributed by atoms with Crippen molar-refractivity contribution >= 4 is 48.1 Å². The molecule has 0 aliphatic rings. The van der Waals surface area contributed by atoms with Crippen LogP contribution in [0.5, 0.6) is 0 Å². The molecule has 27 heavy (non-hydrogen) atoms. The summed E-state index contributed by atoms with van der Waals surface area (Å²) in [7, 11) is -8.80. The number of anilines is 1. The quantitative estimate of drug-likeness (QED) is 0.339. The minimum atomic E-state index is -4.42. The van der Waals surface area contributed by atoms with Crippen LogP contribution in [-0.4, -0.2) is 25.9 Å². The number of nitrogens with two attached hydrogens (primary N) is 1. The molecule has 0 saturated heterocycles. The van der Waals surface area contributed by atoms with Gasteiger partial charge in [-0.2, -0.15) is 21.9 Å². The van der Waals surface area contributed by atoms with Crippen LogP contribution in [0.25, 0.3) is 10.8 Å². The lowest BCUT2D eigenvalue weighted by molar-refractivity contribution is 0.481. The van der Waals surface area contributed by atoms with Gasteiger partial charge in [-0.05, 0) is 42.5 Å². The molecule has 0 unspecified atom stereocenters. The van der Waals surface area contributed by atoms with E-state index in [0.717, 1.165) is 6.07 Å². The zero-order valence-electron chi connectivity index (χ0n) is 13.5. The van der Waals surface area contributed by atoms with Gasteiger partial charge in [0.25, 0.3) is 20.2 Å². The fourth-order valence-corrected chi connectivity index (χ4v) is 3.43. The maximum Gasteiger partial charge on any atom is 0.294 e. The Morgan fingerprint density at radius 3 is 2.07 bits per heavy atom. The third-order valence-corrected chi connectivity index (χ3v) is 5.38. The normalized spacial score (nSPS) is 12.7. The highest BCUT2D eigenvalue weighted by Gasteiger charge is 2.13. The van der Waals surface area contributed by atoms with Crippen molar-refractivity contribution in [1.82, 2.24) is 0 Å². The molecule has 0 fully saturated rings. The van der Waals surface area contributed by atoms with Crippen molar-refractivity contribution in [1.29, 1.82) is 0 Å². The first-order valence-electron chi connectivity index (χ1n) is 7.35. The number of azo groups is 1. The van der Waals surface area contributed by atoms with E-state index in [4.69, 9.17) is 10.3 Å². The zero-order chi connectivity index (χ0) is 19.8. The molecular weight excluding hydrogens is 394 g/mol. The van der Waals surface area contributed by atoms with Crippen molar-refractivity contribution in [2.75, 3.05) is 5.73 Å². The molecule has 4 N–H and O–H groups in total. The van der Waals surface area contributed by atoms with Crippen molar-refractivity contribution in [2.45, 2.75) is 9.79 Å². The van der Waals surface area contributed by atoms with Crippen LogP contribution in [0.15, 0.2) is 74.6 Å². The molecule has 140 valence electrons. The number of hydrogen-bond donors (Lipinski definition) is 3. The Hall–Kier alpha value is -2.86. The van der Waals surface area contributed by atoms with E-state index in [1.807, 2.05) is 0 Å². The second-order valence-corrected chi connectivity index (χ2v) is 8.37. The fraction of sp³-hybridized carbons (Fsp3) is 0. The van der Waals surface area contributed by atoms with Crippen LogP contribution in [0, 0.1) is 0 Å². The molecule has 0 amide bonds. The summed E-state index contributed by atoms with van der Waals surface area (Å²) < 4.78 is 63.4. The van der Waals surface area contributed by atoms with E-state index in [1.165, 1.54) is 42.5 Å². The van der Waals surface area contributed by atoms with Crippen molar-refractivity contribution < 1.29 is 25.9 Å². The minimum Gasteiger partial charge on any atom is -0.398 e. The Labute approximate surface area is 154 Å². The average molecular weight is 407 g/mol. The molecule has 11 heteroatoms. The Morgan fingerprint density at radius 2 is 1.41 bits per heavy atom. The SMILES string of the molecule is Nc1ccc(N=Nc2cccc(S(=O)(=O)O)c2)c2cc(S(=O)(=O)O)ccc12. The van der Waals surface area contributed by atoms with Gasteiger partial charge in [-0.1, -0.05) is 12.1 Å². The van der Waals surface area contributed by atoms with Crippen molar-refractivity contribution in [3.05, 3.63) is 54.6 Å². The summed E-state index contributed by atoms with van der Waals surface area (Å²) in [6, 6.07) is 12.1. The van der Waals surface area contributed by atoms with Crippen LogP contribution in [0.2, 0.25) is 0 Å². The molecule has 9 nitrogen and oxygen atoms in total. The van der Waals surface area contributed by atoms with Crippen LogP contribution in [0.4, 0.5) is 17.1 Å². The molecule has 0 radical (unpaired) electrons. The van der Waals surface area contributed by atoms with E-state index >= 15 is 0 Å². The largest absolute Gasteiger partial charge is 0.398 e. The predicted octanol–water partition coefficient (Wildman–Crippen LogP) is 3.33. The van der Waals surface area contributed by atoms with Gasteiger partial charge in [0, 0.05) is 16.5 Å². The summed E-state index contributed by atoms with van der Waals surface area (Å²) in [6.45, 7) is 0. The van der Waals surface area contributed by atoms with Crippen molar-refractivity contribution in [3.8, 4) is 0 Å². The van der Waals surface area contributed by atoms with Crippen molar-refractivity contribution in [2.24, 2.45) is 10.2 Å². The number of nitrogen functional groups attached to an aromatic ring is 1. The van der Waals surface area contributed by atoms with Gasteiger partial charge in [0.2, 0.25) is 0 Å². The average Bonchev–Trinajstić information content (AvgIpc) is 2.60. The van der Waals surface area contributed by atoms with Gasteiger partial charge in [0.15, 0.2) is 0 Å². The fourth-order valence-electron chi connectivity index (χ4n) is 2.40. The molecule has 0 saturated carbocycles. The number of rotatable bonds is 4. The predicted molar refractivity (Wildman–Crippen MR) is 98.6 cm³/mol. The number of fused-ring (bicyclic) bond motifs is 1. The molecule has 3 rings (SSSR count). The summed E-state index contributed by atoms with van der Waals surface area (Å²) in [6.07, 6.45) is 0. The second-order valence-electron chi connectivity index (χ2n) is 5.53. The number of nitrogens with zero attached hydrogens (tertiary/aromatic N) is 2. The summed E-state index contributed by atoms with van der Waals surface area (Å²) >= 11 is 0. The minimum absolute atomic E-state index is 0.154. The van der Waals surface area contributed by atoms with Crippen LogP contribution >= 0.6 is 0 Å². The lowest BCUT2D eigenvalue weighted by Gasteiger charge is -2.06. The lowest BCUT2D eigenvalue weighted by atomic mass is 10.1. The standard InChI is InChI=1S/C16H13N3O6S2/c17-15-6-7-16(14-9-12(27(23,24)25)4-5-13(14)15)19-18-10-2-1-3-11(8-10)26(20,21)22/h1-9H,17H2,(H,20,21,22)(H,23,24,25). The molecule has 0 bridgehead atoms. The highest BCUT2D eigenvalue weighted by molar-refractivity contribution is 7.86. The summed E-state index contributed by atoms with van der Waals surface area (Å²) in [5.74, 6) is 0. The second kappa shape index (κ2) is 6.70. The monoisotopic (exact) mass is 407 g/mol. The molecule has 3 aromatic carbocycles. The van der Waals surface area contributed by atoms with Crippen LogP contribution in [0.1, 0.15) is 0 Å². The van der Waals surface area contributed by atoms with Crippen LogP contribution < -0.4 is 5.73 Å². The summed E-state index contributed by atoms with van der Waals surface area (Å²) in [5, 5.41) is 8.77. The maximum atomic E-state index is 11.4. The molecule has 0 aromatic heterocycles. The van der Waals surface area contributed by atoms with Crippen LogP contribution in [0.3, 0.4) is 0 Å². The van der Waals surface area contributed by atoms with E-state index in [9.17, 15) is 21.4 Å². The number of benzene rings is 3. The molecule has 0 aliphatic heterocycles. The van der Waals surface area contributed by atoms with Crippen molar-refractivity contribution in [3.63, 3.8) is 0 Å². The number of hydrogen-bond acceptors (Lipinski definition) is 7. The first-order valence-corrected chi connectivity index (χ1v) is 10.2. The topological polar surface area (TPSA) is 159 Å². The third kappa shape index (κ3) is 4.11. The van der Waals surface area contributed by atoms with Gasteiger partial charge in [-0.15, -0.1) is 5.11 Å². The summed E-state index contributed by atoms with van der Waals surface area (Å²) in [5.41, 5.74) is 6.66. The highest BCUT2D eigenvalue weighted by atomic mass is 32.2. The van der Waals surface area contributed by atoms with E-state index in [2.05, 4.69) is 10.2 Å². The molecule has 0 aliphatic carbocycles. The Bertz CT molecular complexity index is 1280. The lowest BCUT2D eigenvalue weighted by Crippen LogP contribution is -1.98. The smallest absolute Gasteiger partial charge is 0.294 e. The van der Waals surface area contributed by atoms with E-state index in [0.29, 0.717) is 16.5 Å². The van der Waals surface area contributed by atoms with E-state index < -0.39 is 20.2 Å². The molecular formula is C16H13N3O6S2. The zero-order valence-corrected chi connectivity index (χ0v) is 15.1. The highest BCUT2D eigenvalue weighted by Crippen LogP contribution is 2.33. The molecule has 0 atom stereocenters. The molecule has 0 spiro atoms. The van der Waals surface area contributed by atoms with Gasteiger partial charge in [-0.3, -0.25) is 9.11 Å². The van der Waals surface area contributed by atoms with E-state index in [1.54, 1.807) is 6.07 Å². The molecule has 0 heterocycles. The Kier molecular flexibility index (Phi) is 4.70. The van der Waals surface area contributed by atoms with Gasteiger partial charge < -0.3 is 5.73 Å². The summed E-state index contributed by atoms with van der Waals surface area (Å²) in [4.78, 5) is -0.666. The van der Waals surface area contributed by atoms with Gasteiger partial charge in [0.1, 0.15) is 0 Å². The Balaban J connectivity index is 2.12. The van der Waals surface area contributed by atoms with E-state index in [-0.39, 0.29) is 21.2 Å².